The van der Waals surface area contributed by atoms with Crippen LogP contribution in [0.4, 0.5) is 5.95 Å². The number of rotatable bonds is 4. The van der Waals surface area contributed by atoms with Crippen LogP contribution in [-0.2, 0) is 9.84 Å². The molecule has 6 nitrogen and oxygen atoms in total. The molecule has 0 fully saturated rings. The lowest BCUT2D eigenvalue weighted by molar-refractivity contribution is 0.102. The highest BCUT2D eigenvalue weighted by molar-refractivity contribution is 7.92. The summed E-state index contributed by atoms with van der Waals surface area (Å²) in [5, 5.41) is 2.02. The highest BCUT2D eigenvalue weighted by Gasteiger charge is 2.19. The van der Waals surface area contributed by atoms with Gasteiger partial charge in [-0.2, -0.15) is 0 Å². The molecule has 0 aliphatic heterocycles. The summed E-state index contributed by atoms with van der Waals surface area (Å²) in [5.74, 6) is -0.198. The number of nitrogens with zero attached hydrogens (tertiary/aromatic N) is 2. The SMILES string of the molecule is CC(C)S(=O)(=O)c1ccc(C(=O)Nc2ncccn2)cc1. The molecule has 0 bridgehead atoms. The van der Waals surface area contributed by atoms with E-state index in [2.05, 4.69) is 15.3 Å². The van der Waals surface area contributed by atoms with Gasteiger partial charge in [-0.05, 0) is 44.2 Å². The Morgan fingerprint density at radius 3 is 2.19 bits per heavy atom. The number of hydrogen-bond acceptors (Lipinski definition) is 5. The first-order valence-corrected chi connectivity index (χ1v) is 7.88. The van der Waals surface area contributed by atoms with E-state index in [1.807, 2.05) is 0 Å². The lowest BCUT2D eigenvalue weighted by atomic mass is 10.2. The van der Waals surface area contributed by atoms with Crippen LogP contribution >= 0.6 is 0 Å². The number of carbonyl (C=O) groups is 1. The van der Waals surface area contributed by atoms with E-state index in [0.29, 0.717) is 5.56 Å². The van der Waals surface area contributed by atoms with Crippen LogP contribution in [0.3, 0.4) is 0 Å². The largest absolute Gasteiger partial charge is 0.290 e. The Kier molecular flexibility index (Phi) is 4.32. The second kappa shape index (κ2) is 6.01. The predicted octanol–water partition coefficient (Wildman–Crippen LogP) is 1.91. The molecule has 0 atom stereocenters. The van der Waals surface area contributed by atoms with Crippen LogP contribution in [0.15, 0.2) is 47.6 Å². The lowest BCUT2D eigenvalue weighted by Crippen LogP contribution is -2.16. The number of sulfone groups is 1. The second-order valence-corrected chi connectivity index (χ2v) is 7.15. The van der Waals surface area contributed by atoms with Crippen LogP contribution in [0.2, 0.25) is 0 Å². The van der Waals surface area contributed by atoms with Gasteiger partial charge in [0.15, 0.2) is 9.84 Å². The fourth-order valence-corrected chi connectivity index (χ4v) is 2.67. The van der Waals surface area contributed by atoms with E-state index in [-0.39, 0.29) is 10.8 Å². The van der Waals surface area contributed by atoms with E-state index < -0.39 is 21.0 Å². The normalized spacial score (nSPS) is 11.4. The Labute approximate surface area is 123 Å². The van der Waals surface area contributed by atoms with Crippen molar-refractivity contribution in [2.75, 3.05) is 5.32 Å². The first kappa shape index (κ1) is 15.1. The number of benzene rings is 1. The van der Waals surface area contributed by atoms with Crippen LogP contribution in [0, 0.1) is 0 Å². The molecule has 1 aromatic carbocycles. The molecule has 0 spiro atoms. The first-order valence-electron chi connectivity index (χ1n) is 6.33. The van der Waals surface area contributed by atoms with Crippen molar-refractivity contribution in [3.8, 4) is 0 Å². The molecule has 0 saturated carbocycles. The maximum Gasteiger partial charge on any atom is 0.258 e. The summed E-state index contributed by atoms with van der Waals surface area (Å²) in [6.07, 6.45) is 3.03. The fourth-order valence-electron chi connectivity index (χ4n) is 1.61. The Bertz CT molecular complexity index is 726. The highest BCUT2D eigenvalue weighted by Crippen LogP contribution is 2.16. The Morgan fingerprint density at radius 2 is 1.67 bits per heavy atom. The number of amides is 1. The molecule has 7 heteroatoms. The zero-order valence-electron chi connectivity index (χ0n) is 11.6. The minimum Gasteiger partial charge on any atom is -0.290 e. The molecule has 0 saturated heterocycles. The van der Waals surface area contributed by atoms with Gasteiger partial charge in [0, 0.05) is 18.0 Å². The number of aromatic nitrogens is 2. The molecule has 0 unspecified atom stereocenters. The van der Waals surface area contributed by atoms with Crippen molar-refractivity contribution in [2.24, 2.45) is 0 Å². The summed E-state index contributed by atoms with van der Waals surface area (Å²) in [4.78, 5) is 19.9. The van der Waals surface area contributed by atoms with Crippen molar-refractivity contribution in [3.63, 3.8) is 0 Å². The van der Waals surface area contributed by atoms with Gasteiger partial charge in [-0.15, -0.1) is 0 Å². The van der Waals surface area contributed by atoms with Crippen molar-refractivity contribution in [3.05, 3.63) is 48.3 Å². The monoisotopic (exact) mass is 305 g/mol. The van der Waals surface area contributed by atoms with Crippen molar-refractivity contribution >= 4 is 21.7 Å². The summed E-state index contributed by atoms with van der Waals surface area (Å²) in [5.41, 5.74) is 0.338. The average molecular weight is 305 g/mol. The molecular formula is C14H15N3O3S. The minimum atomic E-state index is -3.33. The summed E-state index contributed by atoms with van der Waals surface area (Å²) < 4.78 is 24.0. The number of anilines is 1. The van der Waals surface area contributed by atoms with Gasteiger partial charge in [0.25, 0.3) is 5.91 Å². The van der Waals surface area contributed by atoms with Gasteiger partial charge in [-0.25, -0.2) is 18.4 Å². The molecule has 1 amide bonds. The van der Waals surface area contributed by atoms with Crippen molar-refractivity contribution in [1.29, 1.82) is 0 Å². The predicted molar refractivity (Wildman–Crippen MR) is 78.7 cm³/mol. The van der Waals surface area contributed by atoms with Gasteiger partial charge in [0.2, 0.25) is 5.95 Å². The molecule has 0 aliphatic rings. The van der Waals surface area contributed by atoms with Crippen LogP contribution in [0.1, 0.15) is 24.2 Å². The molecule has 2 aromatic rings. The average Bonchev–Trinajstić information content (AvgIpc) is 2.48. The van der Waals surface area contributed by atoms with Gasteiger partial charge in [-0.3, -0.25) is 10.1 Å². The zero-order chi connectivity index (χ0) is 15.5. The molecule has 110 valence electrons. The van der Waals surface area contributed by atoms with E-state index in [4.69, 9.17) is 0 Å². The van der Waals surface area contributed by atoms with Crippen LogP contribution < -0.4 is 5.32 Å². The standard InChI is InChI=1S/C14H15N3O3S/c1-10(2)21(19,20)12-6-4-11(5-7-12)13(18)17-14-15-8-3-9-16-14/h3-10H,1-2H3,(H,15,16,17,18). The van der Waals surface area contributed by atoms with E-state index >= 15 is 0 Å². The second-order valence-electron chi connectivity index (χ2n) is 4.64. The van der Waals surface area contributed by atoms with Crippen molar-refractivity contribution < 1.29 is 13.2 Å². The highest BCUT2D eigenvalue weighted by atomic mass is 32.2. The number of nitrogens with one attached hydrogen (secondary N) is 1. The Balaban J connectivity index is 2.18. The van der Waals surface area contributed by atoms with Crippen LogP contribution in [0.25, 0.3) is 0 Å². The van der Waals surface area contributed by atoms with Crippen LogP contribution in [-0.4, -0.2) is 29.5 Å². The van der Waals surface area contributed by atoms with Crippen molar-refractivity contribution in [1.82, 2.24) is 9.97 Å². The lowest BCUT2D eigenvalue weighted by Gasteiger charge is -2.08. The van der Waals surface area contributed by atoms with Gasteiger partial charge in [0.1, 0.15) is 0 Å². The Morgan fingerprint density at radius 1 is 1.10 bits per heavy atom. The molecule has 0 radical (unpaired) electrons. The summed E-state index contributed by atoms with van der Waals surface area (Å²) in [6.45, 7) is 3.23. The van der Waals surface area contributed by atoms with Gasteiger partial charge < -0.3 is 0 Å². The summed E-state index contributed by atoms with van der Waals surface area (Å²) >= 11 is 0. The first-order chi connectivity index (χ1) is 9.91. The van der Waals surface area contributed by atoms with Gasteiger partial charge in [-0.1, -0.05) is 0 Å². The summed E-state index contributed by atoms with van der Waals surface area (Å²) in [6, 6.07) is 7.43. The number of hydrogen-bond donors (Lipinski definition) is 1. The number of carbonyl (C=O) groups excluding carboxylic acids is 1. The molecule has 21 heavy (non-hydrogen) atoms. The molecule has 1 aromatic heterocycles. The molecule has 1 N–H and O–H groups in total. The van der Waals surface area contributed by atoms with E-state index in [1.165, 1.54) is 36.7 Å². The smallest absolute Gasteiger partial charge is 0.258 e. The van der Waals surface area contributed by atoms with E-state index in [0.717, 1.165) is 0 Å². The maximum atomic E-state index is 12.0. The topological polar surface area (TPSA) is 89.0 Å². The quantitative estimate of drug-likeness (QED) is 0.932. The summed E-state index contributed by atoms with van der Waals surface area (Å²) in [7, 11) is -3.33. The molecule has 2 rings (SSSR count). The van der Waals surface area contributed by atoms with Crippen molar-refractivity contribution in [2.45, 2.75) is 24.0 Å². The Hall–Kier alpha value is -2.28. The molecule has 0 aliphatic carbocycles. The molecular weight excluding hydrogens is 290 g/mol. The third kappa shape index (κ3) is 3.43. The zero-order valence-corrected chi connectivity index (χ0v) is 12.5. The fraction of sp³-hybridized carbons (Fsp3) is 0.214. The third-order valence-corrected chi connectivity index (χ3v) is 5.03. The molecule has 1 heterocycles. The maximum absolute atomic E-state index is 12.0. The minimum absolute atomic E-state index is 0.196. The van der Waals surface area contributed by atoms with Crippen LogP contribution in [0.5, 0.6) is 0 Å². The van der Waals surface area contributed by atoms with Gasteiger partial charge >= 0.3 is 0 Å². The third-order valence-electron chi connectivity index (χ3n) is 2.86. The van der Waals surface area contributed by atoms with Gasteiger partial charge in [0.05, 0.1) is 10.1 Å². The van der Waals surface area contributed by atoms with E-state index in [9.17, 15) is 13.2 Å². The van der Waals surface area contributed by atoms with E-state index in [1.54, 1.807) is 19.9 Å².